The summed E-state index contributed by atoms with van der Waals surface area (Å²) < 4.78 is 12.8. The van der Waals surface area contributed by atoms with Crippen LogP contribution in [0, 0.1) is 5.82 Å². The molecule has 6 heteroatoms. The molecule has 2 atom stereocenters. The van der Waals surface area contributed by atoms with Gasteiger partial charge in [0, 0.05) is 6.20 Å². The molecule has 2 aromatic rings. The third kappa shape index (κ3) is 3.76. The van der Waals surface area contributed by atoms with Crippen molar-refractivity contribution in [3.05, 3.63) is 59.7 Å². The first kappa shape index (κ1) is 14.9. The number of aromatic nitrogens is 1. The van der Waals surface area contributed by atoms with E-state index in [9.17, 15) is 19.4 Å². The van der Waals surface area contributed by atoms with Gasteiger partial charge in [0.15, 0.2) is 0 Å². The number of aliphatic hydroxyl groups is 1. The Kier molecular flexibility index (Phi) is 4.49. The predicted molar refractivity (Wildman–Crippen MR) is 74.2 cm³/mol. The molecule has 0 radical (unpaired) electrons. The minimum atomic E-state index is -0.972. The van der Waals surface area contributed by atoms with Crippen LogP contribution in [-0.4, -0.2) is 27.1 Å². The molecule has 2 rings (SSSR count). The predicted octanol–water partition coefficient (Wildman–Crippen LogP) is 1.78. The number of hydrogen-bond acceptors (Lipinski definition) is 4. The van der Waals surface area contributed by atoms with Crippen LogP contribution < -0.4 is 5.32 Å². The normalized spacial score (nSPS) is 13.5. The molecular formula is C15H15FN2O3. The highest BCUT2D eigenvalue weighted by Crippen LogP contribution is 2.18. The molecule has 2 unspecified atom stereocenters. The maximum absolute atomic E-state index is 12.8. The van der Waals surface area contributed by atoms with Crippen LogP contribution in [0.5, 0.6) is 5.75 Å². The van der Waals surface area contributed by atoms with Gasteiger partial charge in [-0.15, -0.1) is 0 Å². The third-order valence-corrected chi connectivity index (χ3v) is 3.03. The van der Waals surface area contributed by atoms with E-state index in [1.165, 1.54) is 42.7 Å². The number of aliphatic hydroxyl groups excluding tert-OH is 1. The summed E-state index contributed by atoms with van der Waals surface area (Å²) in [4.78, 5) is 15.7. The lowest BCUT2D eigenvalue weighted by molar-refractivity contribution is 0.0851. The SMILES string of the molecule is CC(NC(=O)c1cncc(O)c1)C(O)c1ccc(F)cc1. The average Bonchev–Trinajstić information content (AvgIpc) is 2.47. The number of amides is 1. The van der Waals surface area contributed by atoms with E-state index in [0.717, 1.165) is 0 Å². The molecule has 0 aliphatic rings. The van der Waals surface area contributed by atoms with E-state index in [4.69, 9.17) is 0 Å². The highest BCUT2D eigenvalue weighted by atomic mass is 19.1. The summed E-state index contributed by atoms with van der Waals surface area (Å²) >= 11 is 0. The van der Waals surface area contributed by atoms with Gasteiger partial charge in [0.2, 0.25) is 0 Å². The number of aromatic hydroxyl groups is 1. The highest BCUT2D eigenvalue weighted by molar-refractivity contribution is 5.94. The van der Waals surface area contributed by atoms with Crippen LogP contribution in [0.15, 0.2) is 42.7 Å². The number of rotatable bonds is 4. The van der Waals surface area contributed by atoms with Crippen LogP contribution in [0.3, 0.4) is 0 Å². The zero-order chi connectivity index (χ0) is 15.4. The van der Waals surface area contributed by atoms with Crippen LogP contribution >= 0.6 is 0 Å². The molecule has 0 saturated heterocycles. The summed E-state index contributed by atoms with van der Waals surface area (Å²) in [5.41, 5.74) is 0.686. The average molecular weight is 290 g/mol. The van der Waals surface area contributed by atoms with Crippen molar-refractivity contribution in [2.24, 2.45) is 0 Å². The van der Waals surface area contributed by atoms with Crippen molar-refractivity contribution >= 4 is 5.91 Å². The second kappa shape index (κ2) is 6.32. The second-order valence-electron chi connectivity index (χ2n) is 4.69. The fourth-order valence-electron chi connectivity index (χ4n) is 1.87. The molecule has 0 aliphatic carbocycles. The lowest BCUT2D eigenvalue weighted by atomic mass is 10.0. The third-order valence-electron chi connectivity index (χ3n) is 3.03. The molecule has 0 spiro atoms. The molecule has 0 saturated carbocycles. The van der Waals surface area contributed by atoms with E-state index >= 15 is 0 Å². The number of halogens is 1. The van der Waals surface area contributed by atoms with Crippen LogP contribution in [0.4, 0.5) is 4.39 Å². The van der Waals surface area contributed by atoms with Crippen molar-refractivity contribution in [1.29, 1.82) is 0 Å². The Morgan fingerprint density at radius 2 is 1.95 bits per heavy atom. The molecule has 110 valence electrons. The molecule has 3 N–H and O–H groups in total. The largest absolute Gasteiger partial charge is 0.506 e. The zero-order valence-electron chi connectivity index (χ0n) is 11.3. The molecule has 5 nitrogen and oxygen atoms in total. The standard InChI is InChI=1S/C15H15FN2O3/c1-9(14(20)10-2-4-12(16)5-3-10)18-15(21)11-6-13(19)8-17-7-11/h2-9,14,19-20H,1H3,(H,18,21). The molecule has 0 aliphatic heterocycles. The molecule has 1 amide bonds. The number of carbonyl (C=O) groups excluding carboxylic acids is 1. The molecule has 21 heavy (non-hydrogen) atoms. The van der Waals surface area contributed by atoms with Crippen molar-refractivity contribution in [3.63, 3.8) is 0 Å². The second-order valence-corrected chi connectivity index (χ2v) is 4.69. The van der Waals surface area contributed by atoms with Crippen molar-refractivity contribution in [3.8, 4) is 5.75 Å². The van der Waals surface area contributed by atoms with Crippen molar-refractivity contribution < 1.29 is 19.4 Å². The minimum Gasteiger partial charge on any atom is -0.506 e. The Morgan fingerprint density at radius 1 is 1.29 bits per heavy atom. The summed E-state index contributed by atoms with van der Waals surface area (Å²) in [6.07, 6.45) is 1.56. The summed E-state index contributed by atoms with van der Waals surface area (Å²) in [5.74, 6) is -0.977. The number of benzene rings is 1. The maximum Gasteiger partial charge on any atom is 0.253 e. The molecule has 1 aromatic carbocycles. The van der Waals surface area contributed by atoms with E-state index in [-0.39, 0.29) is 11.3 Å². The Balaban J connectivity index is 2.05. The Morgan fingerprint density at radius 3 is 2.57 bits per heavy atom. The summed E-state index contributed by atoms with van der Waals surface area (Å²) in [6.45, 7) is 1.63. The van der Waals surface area contributed by atoms with E-state index in [1.54, 1.807) is 6.92 Å². The quantitative estimate of drug-likeness (QED) is 0.801. The van der Waals surface area contributed by atoms with E-state index in [1.807, 2.05) is 0 Å². The number of nitrogens with zero attached hydrogens (tertiary/aromatic N) is 1. The lowest BCUT2D eigenvalue weighted by Crippen LogP contribution is -2.37. The summed E-state index contributed by atoms with van der Waals surface area (Å²) in [7, 11) is 0. The van der Waals surface area contributed by atoms with Crippen molar-refractivity contribution in [2.75, 3.05) is 0 Å². The molecular weight excluding hydrogens is 275 g/mol. The topological polar surface area (TPSA) is 82.5 Å². The first-order valence-electron chi connectivity index (χ1n) is 6.36. The molecule has 1 heterocycles. The van der Waals surface area contributed by atoms with Crippen molar-refractivity contribution in [2.45, 2.75) is 19.1 Å². The first-order chi connectivity index (χ1) is 9.97. The van der Waals surface area contributed by atoms with Gasteiger partial charge in [0.25, 0.3) is 5.91 Å². The Hall–Kier alpha value is -2.47. The molecule has 0 fully saturated rings. The Bertz CT molecular complexity index is 631. The van der Waals surface area contributed by atoms with Gasteiger partial charge in [-0.1, -0.05) is 12.1 Å². The van der Waals surface area contributed by atoms with Gasteiger partial charge in [0.1, 0.15) is 11.6 Å². The summed E-state index contributed by atoms with van der Waals surface area (Å²) in [5, 5.41) is 22.0. The van der Waals surface area contributed by atoms with Crippen LogP contribution in [-0.2, 0) is 0 Å². The molecule has 0 bridgehead atoms. The summed E-state index contributed by atoms with van der Waals surface area (Å²) in [6, 6.07) is 6.08. The first-order valence-corrected chi connectivity index (χ1v) is 6.36. The smallest absolute Gasteiger partial charge is 0.253 e. The Labute approximate surface area is 121 Å². The van der Waals surface area contributed by atoms with Gasteiger partial charge in [-0.3, -0.25) is 9.78 Å². The van der Waals surface area contributed by atoms with Crippen LogP contribution in [0.25, 0.3) is 0 Å². The fraction of sp³-hybridized carbons (Fsp3) is 0.200. The molecule has 1 aromatic heterocycles. The fourth-order valence-corrected chi connectivity index (χ4v) is 1.87. The lowest BCUT2D eigenvalue weighted by Gasteiger charge is -2.20. The van der Waals surface area contributed by atoms with Gasteiger partial charge in [-0.05, 0) is 30.7 Å². The van der Waals surface area contributed by atoms with Crippen molar-refractivity contribution in [1.82, 2.24) is 10.3 Å². The number of nitrogens with one attached hydrogen (secondary N) is 1. The van der Waals surface area contributed by atoms with Gasteiger partial charge < -0.3 is 15.5 Å². The number of pyridine rings is 1. The minimum absolute atomic E-state index is 0.116. The van der Waals surface area contributed by atoms with Gasteiger partial charge in [-0.2, -0.15) is 0 Å². The van der Waals surface area contributed by atoms with Crippen LogP contribution in [0.2, 0.25) is 0 Å². The number of hydrogen-bond donors (Lipinski definition) is 3. The van der Waals surface area contributed by atoms with Crippen LogP contribution in [0.1, 0.15) is 28.9 Å². The van der Waals surface area contributed by atoms with E-state index in [0.29, 0.717) is 5.56 Å². The zero-order valence-corrected chi connectivity index (χ0v) is 11.3. The van der Waals surface area contributed by atoms with E-state index < -0.39 is 23.9 Å². The number of carbonyl (C=O) groups is 1. The highest BCUT2D eigenvalue weighted by Gasteiger charge is 2.19. The van der Waals surface area contributed by atoms with Gasteiger partial charge in [0.05, 0.1) is 23.9 Å². The van der Waals surface area contributed by atoms with E-state index in [2.05, 4.69) is 10.3 Å². The van der Waals surface area contributed by atoms with Gasteiger partial charge in [-0.25, -0.2) is 4.39 Å². The maximum atomic E-state index is 12.8. The monoisotopic (exact) mass is 290 g/mol. The van der Waals surface area contributed by atoms with Gasteiger partial charge >= 0.3 is 0 Å².